The third-order valence-electron chi connectivity index (χ3n) is 5.19. The third-order valence-corrected chi connectivity index (χ3v) is 5.87. The van der Waals surface area contributed by atoms with Crippen molar-refractivity contribution >= 4 is 15.9 Å². The molecule has 0 saturated carbocycles. The second kappa shape index (κ2) is 7.89. The zero-order valence-corrected chi connectivity index (χ0v) is 17.8. The molecule has 9 nitrogen and oxygen atoms in total. The zero-order valence-electron chi connectivity index (χ0n) is 17.0. The molecule has 1 amide bonds. The van der Waals surface area contributed by atoms with Crippen molar-refractivity contribution in [3.63, 3.8) is 0 Å². The van der Waals surface area contributed by atoms with Crippen molar-refractivity contribution in [3.05, 3.63) is 41.3 Å². The number of amides is 1. The number of aromatic nitrogens is 2. The van der Waals surface area contributed by atoms with Crippen LogP contribution in [0, 0.1) is 12.7 Å². The van der Waals surface area contributed by atoms with Crippen LogP contribution in [-0.4, -0.2) is 66.6 Å². The van der Waals surface area contributed by atoms with Gasteiger partial charge in [-0.15, -0.1) is 0 Å². The normalized spacial score (nSPS) is 22.7. The summed E-state index contributed by atoms with van der Waals surface area (Å²) in [6.07, 6.45) is 1.69. The van der Waals surface area contributed by atoms with Gasteiger partial charge in [-0.3, -0.25) is 4.79 Å². The molecule has 2 aliphatic rings. The van der Waals surface area contributed by atoms with Crippen molar-refractivity contribution in [2.75, 3.05) is 19.4 Å². The van der Waals surface area contributed by atoms with E-state index in [0.717, 1.165) is 11.2 Å². The molecule has 1 N–H and O–H groups in total. The number of nitrogens with zero attached hydrogens (tertiary/aromatic N) is 3. The van der Waals surface area contributed by atoms with Gasteiger partial charge in [0.25, 0.3) is 11.8 Å². The number of hydrogen-bond donors (Lipinski definition) is 1. The highest BCUT2D eigenvalue weighted by Crippen LogP contribution is 2.37. The number of carbonyl (C=O) groups excluding carboxylic acids is 1. The van der Waals surface area contributed by atoms with E-state index < -0.39 is 52.9 Å². The first kappa shape index (κ1) is 22.3. The average molecular weight is 472 g/mol. The minimum atomic E-state index is -4.06. The van der Waals surface area contributed by atoms with Gasteiger partial charge in [0.05, 0.1) is 18.8 Å². The van der Waals surface area contributed by atoms with E-state index in [9.17, 15) is 22.0 Å². The number of fused-ring (bicyclic) bond motifs is 5. The number of rotatable bonds is 2. The maximum Gasteiger partial charge on any atom is 0.320 e. The Morgan fingerprint density at radius 1 is 1.31 bits per heavy atom. The van der Waals surface area contributed by atoms with Crippen LogP contribution in [0.3, 0.4) is 0 Å². The molecule has 172 valence electrons. The largest absolute Gasteiger partial charge is 0.453 e. The number of hydrogen-bond acceptors (Lipinski definition) is 7. The number of halogens is 3. The van der Waals surface area contributed by atoms with Gasteiger partial charge in [0.1, 0.15) is 6.04 Å². The summed E-state index contributed by atoms with van der Waals surface area (Å²) in [4.78, 5) is 21.5. The molecule has 32 heavy (non-hydrogen) atoms. The first-order valence-electron chi connectivity index (χ1n) is 9.51. The standard InChI is InChI=1S/C19H19F3N4O5S/c1-10-7-23-18-24-17(10)31-13-5-3-4-11(15(13)20)6-12-16(25-32(2,28)29)19(21,22)9-26(12)14(27)8-30-18/h3-5,7,12,16,25H,6,8-9H2,1-2H3/t12-,16+/m0/s1. The number of ether oxygens (including phenoxy) is 2. The highest BCUT2D eigenvalue weighted by atomic mass is 32.2. The topological polar surface area (TPSA) is 111 Å². The van der Waals surface area contributed by atoms with Gasteiger partial charge in [-0.2, -0.15) is 4.98 Å². The number of aryl methyl sites for hydroxylation is 1. The summed E-state index contributed by atoms with van der Waals surface area (Å²) in [5.41, 5.74) is 0.441. The van der Waals surface area contributed by atoms with E-state index in [2.05, 4.69) is 9.97 Å². The smallest absolute Gasteiger partial charge is 0.320 e. The predicted molar refractivity (Wildman–Crippen MR) is 105 cm³/mol. The first-order chi connectivity index (χ1) is 14.9. The Morgan fingerprint density at radius 2 is 2.06 bits per heavy atom. The fourth-order valence-electron chi connectivity index (χ4n) is 3.72. The Balaban J connectivity index is 1.82. The maximum absolute atomic E-state index is 15.2. The number of nitrogens with one attached hydrogen (secondary N) is 1. The van der Waals surface area contributed by atoms with E-state index in [-0.39, 0.29) is 29.6 Å². The number of alkyl halides is 2. The number of carbonyl (C=O) groups is 1. The number of sulfonamides is 1. The van der Waals surface area contributed by atoms with E-state index in [1.165, 1.54) is 24.4 Å². The maximum atomic E-state index is 15.2. The van der Waals surface area contributed by atoms with Crippen LogP contribution in [-0.2, 0) is 21.2 Å². The Kier molecular flexibility index (Phi) is 5.49. The van der Waals surface area contributed by atoms with E-state index in [0.29, 0.717) is 5.56 Å². The third kappa shape index (κ3) is 4.35. The Hall–Kier alpha value is -2.93. The van der Waals surface area contributed by atoms with Gasteiger partial charge in [0, 0.05) is 11.8 Å². The molecule has 0 aliphatic carbocycles. The SMILES string of the molecule is Cc1cnc2nc1Oc1cccc(c1F)C[C@H]1[C@@H](NS(C)(=O)=O)C(F)(F)CN1C(=O)CO2. The lowest BCUT2D eigenvalue weighted by molar-refractivity contribution is -0.135. The van der Waals surface area contributed by atoms with Gasteiger partial charge < -0.3 is 14.4 Å². The summed E-state index contributed by atoms with van der Waals surface area (Å²) in [6, 6.07) is 0.538. The van der Waals surface area contributed by atoms with E-state index in [4.69, 9.17) is 9.47 Å². The zero-order chi connectivity index (χ0) is 23.3. The van der Waals surface area contributed by atoms with Crippen LogP contribution in [0.4, 0.5) is 13.2 Å². The minimum Gasteiger partial charge on any atom is -0.453 e. The molecule has 1 aromatic heterocycles. The van der Waals surface area contributed by atoms with Gasteiger partial charge in [0.2, 0.25) is 15.9 Å². The van der Waals surface area contributed by atoms with Gasteiger partial charge in [-0.1, -0.05) is 12.1 Å². The predicted octanol–water partition coefficient (Wildman–Crippen LogP) is 1.42. The van der Waals surface area contributed by atoms with Crippen molar-refractivity contribution in [1.82, 2.24) is 19.6 Å². The molecule has 1 aromatic carbocycles. The van der Waals surface area contributed by atoms with Crippen molar-refractivity contribution in [3.8, 4) is 17.6 Å². The second-order valence-corrected chi connectivity index (χ2v) is 9.46. The fourth-order valence-corrected chi connectivity index (χ4v) is 4.51. The van der Waals surface area contributed by atoms with Crippen LogP contribution in [0.25, 0.3) is 0 Å². The highest BCUT2D eigenvalue weighted by Gasteiger charge is 2.57. The van der Waals surface area contributed by atoms with E-state index in [1.807, 2.05) is 4.72 Å². The lowest BCUT2D eigenvalue weighted by Crippen LogP contribution is -2.52. The summed E-state index contributed by atoms with van der Waals surface area (Å²) in [5, 5.41) is 0. The molecule has 1 fully saturated rings. The van der Waals surface area contributed by atoms with Gasteiger partial charge in [-0.25, -0.2) is 31.3 Å². The Labute approximate surface area is 181 Å². The van der Waals surface area contributed by atoms with Crippen LogP contribution < -0.4 is 14.2 Å². The molecule has 2 aromatic rings. The lowest BCUT2D eigenvalue weighted by atomic mass is 9.98. The van der Waals surface area contributed by atoms with Gasteiger partial charge in [0.15, 0.2) is 18.2 Å². The molecular weight excluding hydrogens is 453 g/mol. The van der Waals surface area contributed by atoms with Crippen LogP contribution in [0.2, 0.25) is 0 Å². The molecule has 0 unspecified atom stereocenters. The van der Waals surface area contributed by atoms with Crippen molar-refractivity contribution in [2.24, 2.45) is 0 Å². The summed E-state index contributed by atoms with van der Waals surface area (Å²) >= 11 is 0. The van der Waals surface area contributed by atoms with E-state index >= 15 is 4.39 Å². The van der Waals surface area contributed by atoms with Crippen molar-refractivity contribution < 1.29 is 35.9 Å². The van der Waals surface area contributed by atoms with Gasteiger partial charge >= 0.3 is 6.01 Å². The summed E-state index contributed by atoms with van der Waals surface area (Å²) in [5.74, 6) is -5.51. The summed E-state index contributed by atoms with van der Waals surface area (Å²) in [7, 11) is -4.06. The van der Waals surface area contributed by atoms with Crippen LogP contribution >= 0.6 is 0 Å². The van der Waals surface area contributed by atoms with Gasteiger partial charge in [-0.05, 0) is 25.0 Å². The highest BCUT2D eigenvalue weighted by molar-refractivity contribution is 7.88. The molecule has 0 radical (unpaired) electrons. The molecule has 0 spiro atoms. The molecule has 3 heterocycles. The molecule has 2 atom stereocenters. The quantitative estimate of drug-likeness (QED) is 0.704. The van der Waals surface area contributed by atoms with Crippen LogP contribution in [0.1, 0.15) is 11.1 Å². The van der Waals surface area contributed by atoms with Crippen molar-refractivity contribution in [2.45, 2.75) is 31.4 Å². The van der Waals surface area contributed by atoms with E-state index in [1.54, 1.807) is 6.92 Å². The Bertz CT molecular complexity index is 1180. The van der Waals surface area contributed by atoms with Crippen LogP contribution in [0.15, 0.2) is 24.4 Å². The molecule has 13 heteroatoms. The molecule has 4 bridgehead atoms. The summed E-state index contributed by atoms with van der Waals surface area (Å²) < 4.78 is 81.0. The van der Waals surface area contributed by atoms with Crippen LogP contribution in [0.5, 0.6) is 17.6 Å². The molecule has 1 saturated heterocycles. The fraction of sp³-hybridized carbons (Fsp3) is 0.421. The summed E-state index contributed by atoms with van der Waals surface area (Å²) in [6.45, 7) is -0.116. The number of benzene rings is 1. The Morgan fingerprint density at radius 3 is 2.78 bits per heavy atom. The molecule has 4 rings (SSSR count). The van der Waals surface area contributed by atoms with Crippen molar-refractivity contribution in [1.29, 1.82) is 0 Å². The second-order valence-electron chi connectivity index (χ2n) is 7.68. The minimum absolute atomic E-state index is 0.00130. The molecule has 2 aliphatic heterocycles. The monoisotopic (exact) mass is 472 g/mol. The first-order valence-corrected chi connectivity index (χ1v) is 11.4. The molecular formula is C19H19F3N4O5S. The average Bonchev–Trinajstić information content (AvgIpc) is 2.94. The lowest BCUT2D eigenvalue weighted by Gasteiger charge is -2.28.